The summed E-state index contributed by atoms with van der Waals surface area (Å²) in [5.74, 6) is 0. The summed E-state index contributed by atoms with van der Waals surface area (Å²) in [6.45, 7) is 42.5. The van der Waals surface area contributed by atoms with Crippen molar-refractivity contribution in [1.82, 2.24) is 4.23 Å². The molecule has 0 aliphatic heterocycles. The topological polar surface area (TPSA) is 59.6 Å². The average Bonchev–Trinajstić information content (AvgIpc) is 2.68. The van der Waals surface area contributed by atoms with Crippen LogP contribution in [-0.4, -0.2) is 72.0 Å². The molecule has 0 spiro atoms. The number of hydrogen-bond donors (Lipinski definition) is 0. The zero-order valence-electron chi connectivity index (χ0n) is 32.5. The minimum atomic E-state index is -1.45. The molecule has 0 bridgehead atoms. The predicted octanol–water partition coefficient (Wildman–Crippen LogP) is 12.7. The zero-order valence-corrected chi connectivity index (χ0v) is 41.7. The van der Waals surface area contributed by atoms with Gasteiger partial charge in [-0.2, -0.15) is 6.29 Å². The second-order valence-corrected chi connectivity index (χ2v) is 48.1. The molecule has 0 unspecified atom stereocenters. The molecule has 12 heteroatoms. The molecule has 0 heterocycles. The summed E-state index contributed by atoms with van der Waals surface area (Å²) in [6.07, 6.45) is 13.6. The molecule has 43 heavy (non-hydrogen) atoms. The van der Waals surface area contributed by atoms with E-state index in [9.17, 15) is 0 Å². The van der Waals surface area contributed by atoms with Crippen molar-refractivity contribution in [3.8, 4) is 0 Å². The van der Waals surface area contributed by atoms with Gasteiger partial charge in [0.2, 0.25) is 0 Å². The summed E-state index contributed by atoms with van der Waals surface area (Å²) in [6, 6.07) is 1.12. The SMILES string of the molecule is C[Si](C)(C)N(C([N-]C1CCCCC1)[N-]C1CCCCC1)[Si](C)(C)C.C[Si](C)(C)[N-][Si](C)(C)C.C[Si](C)(C)[N-][Si](C)(C)C.[Ce+4]. The molecule has 0 aromatic carbocycles. The van der Waals surface area contributed by atoms with E-state index in [0.29, 0.717) is 12.1 Å². The summed E-state index contributed by atoms with van der Waals surface area (Å²) in [4.78, 5) is 0. The van der Waals surface area contributed by atoms with Crippen LogP contribution in [0.4, 0.5) is 0 Å². The van der Waals surface area contributed by atoms with Gasteiger partial charge in [-0.3, -0.25) is 0 Å². The summed E-state index contributed by atoms with van der Waals surface area (Å²) >= 11 is 0. The molecule has 0 amide bonds. The van der Waals surface area contributed by atoms with Crippen molar-refractivity contribution in [3.63, 3.8) is 0 Å². The van der Waals surface area contributed by atoms with Gasteiger partial charge in [0.15, 0.2) is 0 Å². The molecule has 2 rings (SSSR count). The molecular weight excluding hydrogens is 751 g/mol. The Kier molecular flexibility index (Phi) is 22.4. The van der Waals surface area contributed by atoms with E-state index in [1.54, 1.807) is 0 Å². The third kappa shape index (κ3) is 27.0. The van der Waals surface area contributed by atoms with Crippen molar-refractivity contribution in [2.45, 2.75) is 200 Å². The predicted molar refractivity (Wildman–Crippen MR) is 213 cm³/mol. The van der Waals surface area contributed by atoms with Crippen LogP contribution in [-0.2, 0) is 0 Å². The van der Waals surface area contributed by atoms with Crippen molar-refractivity contribution in [2.24, 2.45) is 0 Å². The van der Waals surface area contributed by atoms with Crippen LogP contribution < -0.4 is 0 Å². The van der Waals surface area contributed by atoms with Gasteiger partial charge in [-0.25, -0.2) is 0 Å². The van der Waals surface area contributed by atoms with Crippen molar-refractivity contribution < 1.29 is 41.7 Å². The smallest absolute Gasteiger partial charge is 0.668 e. The first-order valence-electron chi connectivity index (χ1n) is 17.3. The molecule has 254 valence electrons. The summed E-state index contributed by atoms with van der Waals surface area (Å²) in [5, 5.41) is 10.8. The van der Waals surface area contributed by atoms with Gasteiger partial charge in [-0.05, 0) is 0 Å². The molecule has 0 aromatic heterocycles. The number of nitrogens with zero attached hydrogens (tertiary/aromatic N) is 5. The third-order valence-corrected chi connectivity index (χ3v) is 25.0. The van der Waals surface area contributed by atoms with E-state index in [1.165, 1.54) is 64.2 Å². The Labute approximate surface area is 312 Å². The zero-order chi connectivity index (χ0) is 33.2. The van der Waals surface area contributed by atoms with E-state index >= 15 is 0 Å². The van der Waals surface area contributed by atoms with Crippen molar-refractivity contribution in [2.75, 3.05) is 0 Å². The molecule has 2 aliphatic carbocycles. The van der Waals surface area contributed by atoms with Crippen LogP contribution in [0.15, 0.2) is 0 Å². The standard InChI is InChI=1S/C19H41N3Si2.2C6H18NSi2.Ce/c1-23(2,3)22(24(4,5)6)19(20-17-13-9-7-10-14-17)21-18-15-11-8-12-16-18;2*1-8(2,3)7-9(4,5)6;/h17-19H,7-16H2,1-6H3;2*1-6H3;/q-2;2*-1;+4. The molecule has 0 radical (unpaired) electrons. The van der Waals surface area contributed by atoms with Crippen LogP contribution >= 0.6 is 0 Å². The fourth-order valence-corrected chi connectivity index (χ4v) is 32.5. The van der Waals surface area contributed by atoms with Crippen molar-refractivity contribution in [1.29, 1.82) is 0 Å². The number of rotatable bonds is 11. The minimum absolute atomic E-state index is 0. The molecule has 2 aliphatic rings. The Morgan fingerprint density at radius 3 is 0.814 bits per heavy atom. The first kappa shape index (κ1) is 47.6. The van der Waals surface area contributed by atoms with Crippen molar-refractivity contribution >= 4 is 49.4 Å². The van der Waals surface area contributed by atoms with Crippen LogP contribution in [0.25, 0.3) is 19.9 Å². The molecule has 2 fully saturated rings. The van der Waals surface area contributed by atoms with Crippen molar-refractivity contribution in [3.05, 3.63) is 19.9 Å². The maximum atomic E-state index is 5.39. The Balaban J connectivity index is 0. The van der Waals surface area contributed by atoms with Gasteiger partial charge in [0.25, 0.3) is 0 Å². The van der Waals surface area contributed by atoms with Crippen LogP contribution in [0.5, 0.6) is 0 Å². The second kappa shape index (κ2) is 20.2. The van der Waals surface area contributed by atoms with E-state index in [0.717, 1.165) is 0 Å². The third-order valence-electron chi connectivity index (χ3n) is 6.86. The summed E-state index contributed by atoms with van der Waals surface area (Å²) in [5.41, 5.74) is 0. The normalized spacial score (nSPS) is 18.4. The molecule has 0 N–H and O–H groups in total. The fourth-order valence-electron chi connectivity index (χ4n) is 6.72. The molecule has 0 saturated heterocycles. The fraction of sp³-hybridized carbons (Fsp3) is 1.00. The molecule has 0 aromatic rings. The van der Waals surface area contributed by atoms with E-state index in [4.69, 9.17) is 19.9 Å². The maximum Gasteiger partial charge on any atom is 4.00 e. The van der Waals surface area contributed by atoms with Crippen LogP contribution in [0, 0.1) is 41.7 Å². The van der Waals surface area contributed by atoms with E-state index in [-0.39, 0.29) is 48.0 Å². The van der Waals surface area contributed by atoms with E-state index in [1.807, 2.05) is 0 Å². The quantitative estimate of drug-likeness (QED) is 0.191. The first-order valence-corrected chi connectivity index (χ1v) is 37.9. The van der Waals surface area contributed by atoms with Gasteiger partial charge in [0.1, 0.15) is 16.5 Å². The summed E-state index contributed by atoms with van der Waals surface area (Å²) < 4.78 is 12.5. The van der Waals surface area contributed by atoms with Crippen LogP contribution in [0.2, 0.25) is 118 Å². The van der Waals surface area contributed by atoms with Gasteiger partial charge in [0.05, 0.1) is 0 Å². The largest absolute Gasteiger partial charge is 4.00 e. The molecule has 5 nitrogen and oxygen atoms in total. The van der Waals surface area contributed by atoms with Gasteiger partial charge < -0.3 is 24.2 Å². The van der Waals surface area contributed by atoms with Gasteiger partial charge in [-0.1, -0.05) is 215 Å². The van der Waals surface area contributed by atoms with Gasteiger partial charge >= 0.3 is 41.7 Å². The van der Waals surface area contributed by atoms with Crippen LogP contribution in [0.1, 0.15) is 64.2 Å². The first-order chi connectivity index (χ1) is 18.6. The maximum absolute atomic E-state index is 5.39. The Bertz CT molecular complexity index is 638. The average molecular weight is 829 g/mol. The Morgan fingerprint density at radius 1 is 0.419 bits per heavy atom. The monoisotopic (exact) mass is 827 g/mol. The summed E-state index contributed by atoms with van der Waals surface area (Å²) in [7, 11) is -7.32. The molecule has 2 saturated carbocycles. The van der Waals surface area contributed by atoms with E-state index in [2.05, 4.69) is 122 Å². The minimum Gasteiger partial charge on any atom is -0.668 e. The van der Waals surface area contributed by atoms with Crippen LogP contribution in [0.3, 0.4) is 0 Å². The van der Waals surface area contributed by atoms with Gasteiger partial charge in [-0.15, -0.1) is 12.1 Å². The second-order valence-electron chi connectivity index (χ2n) is 18.8. The molecular formula is C31H77CeN5Si6. The molecule has 0 atom stereocenters. The Hall–Kier alpha value is 2.48. The number of hydrogen-bond acceptors (Lipinski definition) is 1. The Morgan fingerprint density at radius 2 is 0.651 bits per heavy atom. The van der Waals surface area contributed by atoms with Gasteiger partial charge in [0, 0.05) is 0 Å². The van der Waals surface area contributed by atoms with E-state index < -0.39 is 49.4 Å².